The van der Waals surface area contributed by atoms with Gasteiger partial charge in [0.2, 0.25) is 11.8 Å². The molecule has 6 heteroatoms. The summed E-state index contributed by atoms with van der Waals surface area (Å²) in [6.07, 6.45) is 2.11. The highest BCUT2D eigenvalue weighted by Crippen LogP contribution is 2.18. The number of likely N-dealkylation sites (N-methyl/N-ethyl adjacent to an activating group) is 1. The summed E-state index contributed by atoms with van der Waals surface area (Å²) >= 11 is 0. The number of hydrogen-bond donors (Lipinski definition) is 2. The van der Waals surface area contributed by atoms with Crippen LogP contribution in [0, 0.1) is 5.92 Å². The first kappa shape index (κ1) is 16.2. The molecule has 1 aliphatic carbocycles. The fourth-order valence-corrected chi connectivity index (χ4v) is 1.37. The molecule has 0 saturated heterocycles. The number of halogens is 1. The van der Waals surface area contributed by atoms with Crippen molar-refractivity contribution in [3.63, 3.8) is 0 Å². The Balaban J connectivity index is 0.00000256. The summed E-state index contributed by atoms with van der Waals surface area (Å²) in [5.41, 5.74) is 5.65. The first-order valence-corrected chi connectivity index (χ1v) is 5.71. The molecule has 2 atom stereocenters. The number of carbonyl (C=O) groups excluding carboxylic acids is 2. The maximum Gasteiger partial charge on any atom is 0.239 e. The van der Waals surface area contributed by atoms with E-state index in [1.807, 2.05) is 0 Å². The predicted octanol–water partition coefficient (Wildman–Crippen LogP) is 0.129. The Morgan fingerprint density at radius 2 is 1.94 bits per heavy atom. The molecule has 1 fully saturated rings. The first-order valence-electron chi connectivity index (χ1n) is 5.71. The van der Waals surface area contributed by atoms with Crippen LogP contribution in [0.4, 0.5) is 0 Å². The molecule has 0 spiro atoms. The van der Waals surface area contributed by atoms with E-state index in [0.29, 0.717) is 6.04 Å². The van der Waals surface area contributed by atoms with Crippen molar-refractivity contribution in [2.24, 2.45) is 11.7 Å². The third kappa shape index (κ3) is 5.37. The fourth-order valence-electron chi connectivity index (χ4n) is 1.37. The van der Waals surface area contributed by atoms with Crippen molar-refractivity contribution in [3.05, 3.63) is 0 Å². The number of hydrogen-bond acceptors (Lipinski definition) is 3. The highest BCUT2D eigenvalue weighted by molar-refractivity contribution is 5.86. The van der Waals surface area contributed by atoms with Gasteiger partial charge in [-0.3, -0.25) is 9.59 Å². The number of nitrogens with zero attached hydrogens (tertiary/aromatic N) is 1. The largest absolute Gasteiger partial charge is 0.352 e. The second kappa shape index (κ2) is 6.81. The third-order valence-electron chi connectivity index (χ3n) is 2.88. The number of rotatable bonds is 5. The lowest BCUT2D eigenvalue weighted by molar-refractivity contribution is -0.138. The molecule has 1 rings (SSSR count). The Morgan fingerprint density at radius 1 is 1.41 bits per heavy atom. The van der Waals surface area contributed by atoms with Gasteiger partial charge in [0, 0.05) is 19.1 Å². The van der Waals surface area contributed by atoms with Crippen LogP contribution in [0.15, 0.2) is 0 Å². The molecular formula is C11H22ClN3O2. The van der Waals surface area contributed by atoms with E-state index in [-0.39, 0.29) is 42.7 Å². The Hall–Kier alpha value is -0.810. The van der Waals surface area contributed by atoms with Gasteiger partial charge in [-0.25, -0.2) is 0 Å². The maximum atomic E-state index is 11.8. The van der Waals surface area contributed by atoms with E-state index in [1.165, 1.54) is 4.90 Å². The van der Waals surface area contributed by atoms with Gasteiger partial charge < -0.3 is 16.0 Å². The summed E-state index contributed by atoms with van der Waals surface area (Å²) in [5.74, 6) is -0.421. The maximum absolute atomic E-state index is 11.8. The van der Waals surface area contributed by atoms with Crippen molar-refractivity contribution >= 4 is 24.2 Å². The van der Waals surface area contributed by atoms with Crippen LogP contribution in [-0.2, 0) is 9.59 Å². The average Bonchev–Trinajstić information content (AvgIpc) is 2.98. The standard InChI is InChI=1S/C11H21N3O2.ClH/c1-7(8(2)12)11(16)14(3)6-10(15)13-9-4-5-9;/h7-9H,4-6,12H2,1-3H3,(H,13,15);1H. The van der Waals surface area contributed by atoms with Gasteiger partial charge in [0.25, 0.3) is 0 Å². The summed E-state index contributed by atoms with van der Waals surface area (Å²) < 4.78 is 0. The monoisotopic (exact) mass is 263 g/mol. The SMILES string of the molecule is CC(N)C(C)C(=O)N(C)CC(=O)NC1CC1.Cl. The molecule has 0 radical (unpaired) electrons. The minimum Gasteiger partial charge on any atom is -0.352 e. The Morgan fingerprint density at radius 3 is 2.35 bits per heavy atom. The van der Waals surface area contributed by atoms with E-state index in [2.05, 4.69) is 5.32 Å². The highest BCUT2D eigenvalue weighted by Gasteiger charge is 2.26. The first-order chi connectivity index (χ1) is 7.41. The van der Waals surface area contributed by atoms with Gasteiger partial charge >= 0.3 is 0 Å². The summed E-state index contributed by atoms with van der Waals surface area (Å²) in [5, 5.41) is 2.84. The van der Waals surface area contributed by atoms with Crippen molar-refractivity contribution in [2.45, 2.75) is 38.8 Å². The lowest BCUT2D eigenvalue weighted by atomic mass is 10.0. The van der Waals surface area contributed by atoms with Gasteiger partial charge in [-0.1, -0.05) is 6.92 Å². The lowest BCUT2D eigenvalue weighted by Crippen LogP contribution is -2.44. The molecule has 1 saturated carbocycles. The average molecular weight is 264 g/mol. The van der Waals surface area contributed by atoms with E-state index in [4.69, 9.17) is 5.73 Å². The van der Waals surface area contributed by atoms with Crippen molar-refractivity contribution in [3.8, 4) is 0 Å². The Bertz CT molecular complexity index is 280. The van der Waals surface area contributed by atoms with Crippen molar-refractivity contribution in [1.29, 1.82) is 0 Å². The molecule has 0 aromatic heterocycles. The summed E-state index contributed by atoms with van der Waals surface area (Å²) in [6, 6.07) is 0.142. The van der Waals surface area contributed by atoms with Crippen molar-refractivity contribution in [1.82, 2.24) is 10.2 Å². The predicted molar refractivity (Wildman–Crippen MR) is 68.9 cm³/mol. The molecule has 3 N–H and O–H groups in total. The zero-order chi connectivity index (χ0) is 12.3. The molecule has 0 aromatic carbocycles. The Labute approximate surface area is 109 Å². The van der Waals surface area contributed by atoms with E-state index in [0.717, 1.165) is 12.8 Å². The Kier molecular flexibility index (Phi) is 6.49. The quantitative estimate of drug-likeness (QED) is 0.740. The summed E-state index contributed by atoms with van der Waals surface area (Å²) in [4.78, 5) is 24.7. The second-order valence-corrected chi connectivity index (χ2v) is 4.68. The number of nitrogens with one attached hydrogen (secondary N) is 1. The molecule has 0 heterocycles. The highest BCUT2D eigenvalue weighted by atomic mass is 35.5. The van der Waals surface area contributed by atoms with E-state index < -0.39 is 0 Å². The molecule has 0 aliphatic heterocycles. The van der Waals surface area contributed by atoms with E-state index >= 15 is 0 Å². The lowest BCUT2D eigenvalue weighted by Gasteiger charge is -2.22. The van der Waals surface area contributed by atoms with Crippen LogP contribution in [0.5, 0.6) is 0 Å². The van der Waals surface area contributed by atoms with Crippen LogP contribution in [0.2, 0.25) is 0 Å². The second-order valence-electron chi connectivity index (χ2n) is 4.68. The normalized spacial score (nSPS) is 17.6. The number of carbonyl (C=O) groups is 2. The molecule has 5 nitrogen and oxygen atoms in total. The van der Waals surface area contributed by atoms with Crippen LogP contribution in [0.3, 0.4) is 0 Å². The van der Waals surface area contributed by atoms with Crippen LogP contribution >= 0.6 is 12.4 Å². The molecule has 2 unspecified atom stereocenters. The van der Waals surface area contributed by atoms with Crippen LogP contribution in [0.25, 0.3) is 0 Å². The van der Waals surface area contributed by atoms with Gasteiger partial charge in [0.1, 0.15) is 0 Å². The topological polar surface area (TPSA) is 75.4 Å². The van der Waals surface area contributed by atoms with Gasteiger partial charge in [0.15, 0.2) is 0 Å². The minimum atomic E-state index is -0.251. The fraction of sp³-hybridized carbons (Fsp3) is 0.818. The van der Waals surface area contributed by atoms with Crippen LogP contribution < -0.4 is 11.1 Å². The molecule has 100 valence electrons. The third-order valence-corrected chi connectivity index (χ3v) is 2.88. The molecule has 0 aromatic rings. The van der Waals surface area contributed by atoms with E-state index in [1.54, 1.807) is 20.9 Å². The molecule has 1 aliphatic rings. The van der Waals surface area contributed by atoms with Crippen LogP contribution in [0.1, 0.15) is 26.7 Å². The summed E-state index contributed by atoms with van der Waals surface area (Å²) in [7, 11) is 1.63. The number of amides is 2. The minimum absolute atomic E-state index is 0. The smallest absolute Gasteiger partial charge is 0.239 e. The van der Waals surface area contributed by atoms with Gasteiger partial charge in [-0.15, -0.1) is 12.4 Å². The van der Waals surface area contributed by atoms with Crippen molar-refractivity contribution in [2.75, 3.05) is 13.6 Å². The zero-order valence-corrected chi connectivity index (χ0v) is 11.4. The van der Waals surface area contributed by atoms with Gasteiger partial charge in [0.05, 0.1) is 12.5 Å². The van der Waals surface area contributed by atoms with E-state index in [9.17, 15) is 9.59 Å². The molecule has 0 bridgehead atoms. The molecular weight excluding hydrogens is 242 g/mol. The molecule has 2 amide bonds. The van der Waals surface area contributed by atoms with Gasteiger partial charge in [-0.05, 0) is 19.8 Å². The molecule has 17 heavy (non-hydrogen) atoms. The zero-order valence-electron chi connectivity index (χ0n) is 10.6. The van der Waals surface area contributed by atoms with Gasteiger partial charge in [-0.2, -0.15) is 0 Å². The van der Waals surface area contributed by atoms with Crippen LogP contribution in [-0.4, -0.2) is 42.4 Å². The number of nitrogens with two attached hydrogens (primary N) is 1. The summed E-state index contributed by atoms with van der Waals surface area (Å²) in [6.45, 7) is 3.69. The van der Waals surface area contributed by atoms with Crippen molar-refractivity contribution < 1.29 is 9.59 Å².